The van der Waals surface area contributed by atoms with Crippen LogP contribution in [0, 0.1) is 5.92 Å². The van der Waals surface area contributed by atoms with Crippen molar-refractivity contribution in [1.82, 2.24) is 19.9 Å². The first-order chi connectivity index (χ1) is 14.1. The predicted molar refractivity (Wildman–Crippen MR) is 114 cm³/mol. The Morgan fingerprint density at radius 1 is 0.966 bits per heavy atom. The summed E-state index contributed by atoms with van der Waals surface area (Å²) in [5, 5.41) is 3.22. The van der Waals surface area contributed by atoms with E-state index in [1.165, 1.54) is 0 Å². The molecule has 2 aromatic carbocycles. The first-order valence-corrected chi connectivity index (χ1v) is 9.56. The molecule has 0 aliphatic heterocycles. The third-order valence-electron chi connectivity index (χ3n) is 4.33. The lowest BCUT2D eigenvalue weighted by Crippen LogP contribution is -2.17. The lowest BCUT2D eigenvalue weighted by atomic mass is 10.1. The third-order valence-corrected chi connectivity index (χ3v) is 4.33. The van der Waals surface area contributed by atoms with Crippen molar-refractivity contribution in [3.05, 3.63) is 54.6 Å². The van der Waals surface area contributed by atoms with Crippen molar-refractivity contribution in [3.63, 3.8) is 0 Å². The van der Waals surface area contributed by atoms with Gasteiger partial charge in [-0.1, -0.05) is 44.2 Å². The van der Waals surface area contributed by atoms with Gasteiger partial charge in [-0.3, -0.25) is 0 Å². The summed E-state index contributed by atoms with van der Waals surface area (Å²) in [5.74, 6) is 1.45. The number of nitrogens with zero attached hydrogens (tertiary/aromatic N) is 5. The topological polar surface area (TPSA) is 106 Å². The summed E-state index contributed by atoms with van der Waals surface area (Å²) in [7, 11) is 0. The monoisotopic (exact) mass is 389 g/mol. The van der Waals surface area contributed by atoms with Crippen molar-refractivity contribution >= 4 is 40.6 Å². The smallest absolute Gasteiger partial charge is 0.310 e. The molecule has 0 saturated carbocycles. The van der Waals surface area contributed by atoms with Crippen molar-refractivity contribution in [2.75, 3.05) is 22.5 Å². The van der Waals surface area contributed by atoms with Gasteiger partial charge in [-0.25, -0.2) is 4.90 Å². The SMILES string of the molecule is CC(C)CCNc1nc(N)nc(N(c2ccccc2)c2nc3ccccc3o2)n1. The van der Waals surface area contributed by atoms with E-state index in [0.29, 0.717) is 29.4 Å². The van der Waals surface area contributed by atoms with Crippen molar-refractivity contribution in [1.29, 1.82) is 0 Å². The van der Waals surface area contributed by atoms with E-state index in [9.17, 15) is 0 Å². The van der Waals surface area contributed by atoms with Crippen LogP contribution < -0.4 is 16.0 Å². The lowest BCUT2D eigenvalue weighted by molar-refractivity contribution is 0.603. The maximum absolute atomic E-state index is 5.98. The number of hydrogen-bond donors (Lipinski definition) is 2. The number of benzene rings is 2. The first-order valence-electron chi connectivity index (χ1n) is 9.56. The van der Waals surface area contributed by atoms with E-state index in [1.807, 2.05) is 54.6 Å². The van der Waals surface area contributed by atoms with Gasteiger partial charge in [0.1, 0.15) is 5.52 Å². The van der Waals surface area contributed by atoms with Gasteiger partial charge in [0.25, 0.3) is 0 Å². The van der Waals surface area contributed by atoms with Crippen LogP contribution in [0.4, 0.5) is 29.5 Å². The number of nitrogens with one attached hydrogen (secondary N) is 1. The van der Waals surface area contributed by atoms with Gasteiger partial charge in [0.2, 0.25) is 17.8 Å². The molecule has 0 radical (unpaired) electrons. The average molecular weight is 389 g/mol. The second-order valence-corrected chi connectivity index (χ2v) is 7.06. The number of para-hydroxylation sites is 3. The van der Waals surface area contributed by atoms with Gasteiger partial charge in [-0.15, -0.1) is 0 Å². The van der Waals surface area contributed by atoms with E-state index in [2.05, 4.69) is 39.1 Å². The Bertz CT molecular complexity index is 1060. The van der Waals surface area contributed by atoms with Crippen molar-refractivity contribution in [2.45, 2.75) is 20.3 Å². The molecule has 8 heteroatoms. The van der Waals surface area contributed by atoms with E-state index in [1.54, 1.807) is 4.90 Å². The normalized spacial score (nSPS) is 11.1. The van der Waals surface area contributed by atoms with Gasteiger partial charge in [-0.2, -0.15) is 19.9 Å². The highest BCUT2D eigenvalue weighted by Gasteiger charge is 2.22. The van der Waals surface area contributed by atoms with Gasteiger partial charge in [0, 0.05) is 6.54 Å². The summed E-state index contributed by atoms with van der Waals surface area (Å²) in [6.45, 7) is 5.08. The van der Waals surface area contributed by atoms with Crippen LogP contribution >= 0.6 is 0 Å². The molecule has 0 aliphatic carbocycles. The van der Waals surface area contributed by atoms with Crippen LogP contribution in [0.15, 0.2) is 59.0 Å². The Hall–Kier alpha value is -3.68. The molecular formula is C21H23N7O. The molecule has 2 aromatic heterocycles. The zero-order valence-corrected chi connectivity index (χ0v) is 16.4. The Morgan fingerprint density at radius 3 is 2.48 bits per heavy atom. The fraction of sp³-hybridized carbons (Fsp3) is 0.238. The molecule has 2 heterocycles. The number of nitrogens with two attached hydrogens (primary N) is 1. The summed E-state index contributed by atoms with van der Waals surface area (Å²) in [4.78, 5) is 19.5. The summed E-state index contributed by atoms with van der Waals surface area (Å²) >= 11 is 0. The molecule has 4 aromatic rings. The maximum atomic E-state index is 5.98. The van der Waals surface area contributed by atoms with E-state index >= 15 is 0 Å². The molecule has 4 rings (SSSR count). The molecule has 0 atom stereocenters. The van der Waals surface area contributed by atoms with Gasteiger partial charge in [0.15, 0.2) is 5.58 Å². The molecule has 29 heavy (non-hydrogen) atoms. The molecule has 0 amide bonds. The molecule has 0 spiro atoms. The minimum atomic E-state index is 0.124. The van der Waals surface area contributed by atoms with Gasteiger partial charge in [-0.05, 0) is 36.6 Å². The Kier molecular flexibility index (Phi) is 5.24. The van der Waals surface area contributed by atoms with Crippen LogP contribution in [0.2, 0.25) is 0 Å². The summed E-state index contributed by atoms with van der Waals surface area (Å²) < 4.78 is 5.98. The van der Waals surface area contributed by atoms with Crippen molar-refractivity contribution in [3.8, 4) is 0 Å². The van der Waals surface area contributed by atoms with Crippen LogP contribution in [0.5, 0.6) is 0 Å². The highest BCUT2D eigenvalue weighted by molar-refractivity contribution is 5.78. The summed E-state index contributed by atoms with van der Waals surface area (Å²) in [6, 6.07) is 17.6. The zero-order chi connectivity index (χ0) is 20.2. The molecule has 0 fully saturated rings. The maximum Gasteiger partial charge on any atom is 0.310 e. The number of rotatable bonds is 7. The second kappa shape index (κ2) is 8.14. The highest BCUT2D eigenvalue weighted by atomic mass is 16.4. The number of aromatic nitrogens is 4. The third kappa shape index (κ3) is 4.26. The van der Waals surface area contributed by atoms with Gasteiger partial charge in [0.05, 0.1) is 5.69 Å². The standard InChI is InChI=1S/C21H23N7O/c1-14(2)12-13-23-19-25-18(22)26-20(27-19)28(15-8-4-3-5-9-15)21-24-16-10-6-7-11-17(16)29-21/h3-11,14H,12-13H2,1-2H3,(H3,22,23,25,26,27). The predicted octanol–water partition coefficient (Wildman–Crippen LogP) is 4.52. The summed E-state index contributed by atoms with van der Waals surface area (Å²) in [5.41, 5.74) is 8.22. The fourth-order valence-corrected chi connectivity index (χ4v) is 2.88. The van der Waals surface area contributed by atoms with Crippen LogP contribution in [-0.4, -0.2) is 26.5 Å². The Labute approximate surface area is 168 Å². The van der Waals surface area contributed by atoms with E-state index in [0.717, 1.165) is 24.2 Å². The molecular weight excluding hydrogens is 366 g/mol. The fourth-order valence-electron chi connectivity index (χ4n) is 2.88. The van der Waals surface area contributed by atoms with Gasteiger partial charge < -0.3 is 15.5 Å². The van der Waals surface area contributed by atoms with Crippen LogP contribution in [0.1, 0.15) is 20.3 Å². The van der Waals surface area contributed by atoms with Gasteiger partial charge >= 0.3 is 6.01 Å². The Balaban J connectivity index is 1.76. The zero-order valence-electron chi connectivity index (χ0n) is 16.4. The number of oxazole rings is 1. The molecule has 0 saturated heterocycles. The quantitative estimate of drug-likeness (QED) is 0.475. The number of hydrogen-bond acceptors (Lipinski definition) is 8. The van der Waals surface area contributed by atoms with Crippen LogP contribution in [0.3, 0.4) is 0 Å². The van der Waals surface area contributed by atoms with E-state index < -0.39 is 0 Å². The van der Waals surface area contributed by atoms with E-state index in [-0.39, 0.29) is 5.95 Å². The van der Waals surface area contributed by atoms with Crippen molar-refractivity contribution < 1.29 is 4.42 Å². The minimum absolute atomic E-state index is 0.124. The number of fused-ring (bicyclic) bond motifs is 1. The Morgan fingerprint density at radius 2 is 1.72 bits per heavy atom. The minimum Gasteiger partial charge on any atom is -0.423 e. The molecule has 0 aliphatic rings. The highest BCUT2D eigenvalue weighted by Crippen LogP contribution is 2.33. The summed E-state index contributed by atoms with van der Waals surface area (Å²) in [6.07, 6.45) is 0.994. The van der Waals surface area contributed by atoms with Crippen LogP contribution in [-0.2, 0) is 0 Å². The molecule has 0 bridgehead atoms. The average Bonchev–Trinajstić information content (AvgIpc) is 3.12. The van der Waals surface area contributed by atoms with Crippen LogP contribution in [0.25, 0.3) is 11.1 Å². The first kappa shape index (κ1) is 18.7. The lowest BCUT2D eigenvalue weighted by Gasteiger charge is -2.19. The number of anilines is 5. The molecule has 148 valence electrons. The molecule has 8 nitrogen and oxygen atoms in total. The van der Waals surface area contributed by atoms with Crippen molar-refractivity contribution in [2.24, 2.45) is 5.92 Å². The second-order valence-electron chi connectivity index (χ2n) is 7.06. The largest absolute Gasteiger partial charge is 0.423 e. The number of nitrogen functional groups attached to an aromatic ring is 1. The molecule has 3 N–H and O–H groups in total. The van der Waals surface area contributed by atoms with E-state index in [4.69, 9.17) is 10.2 Å². The molecule has 0 unspecified atom stereocenters.